The highest BCUT2D eigenvalue weighted by Gasteiger charge is 2.20. The van der Waals surface area contributed by atoms with Crippen molar-refractivity contribution in [3.8, 4) is 0 Å². The third kappa shape index (κ3) is 5.21. The summed E-state index contributed by atoms with van der Waals surface area (Å²) in [6.45, 7) is 5.23. The van der Waals surface area contributed by atoms with Crippen LogP contribution < -0.4 is 5.32 Å². The molecule has 1 N–H and O–H groups in total. The highest BCUT2D eigenvalue weighted by atomic mass is 79.9. The number of benzene rings is 1. The largest absolute Gasteiger partial charge is 0.380 e. The lowest BCUT2D eigenvalue weighted by molar-refractivity contribution is 0.0653. The van der Waals surface area contributed by atoms with Gasteiger partial charge in [-0.25, -0.2) is 4.39 Å². The van der Waals surface area contributed by atoms with Crippen molar-refractivity contribution in [1.82, 2.24) is 5.32 Å². The van der Waals surface area contributed by atoms with Gasteiger partial charge in [-0.2, -0.15) is 0 Å². The van der Waals surface area contributed by atoms with E-state index in [1.54, 1.807) is 7.11 Å². The summed E-state index contributed by atoms with van der Waals surface area (Å²) in [6.07, 6.45) is 3.04. The first-order valence-electron chi connectivity index (χ1n) is 6.82. The Balaban J connectivity index is 2.80. The molecule has 0 aliphatic carbocycles. The molecule has 2 unspecified atom stereocenters. The molecule has 0 aromatic heterocycles. The standard InChI is InChI=1S/C15H23BrFNO/c1-4-8-18-14(15(5-2)19-3)9-11-6-7-12(17)10-13(11)16/h6-7,10,14-15,18H,4-5,8-9H2,1-3H3. The maximum atomic E-state index is 13.1. The van der Waals surface area contributed by atoms with Crippen LogP contribution in [0.15, 0.2) is 22.7 Å². The van der Waals surface area contributed by atoms with Gasteiger partial charge in [0.15, 0.2) is 0 Å². The normalized spacial score (nSPS) is 14.4. The number of hydrogen-bond donors (Lipinski definition) is 1. The fourth-order valence-electron chi connectivity index (χ4n) is 2.20. The number of ether oxygens (including phenoxy) is 1. The molecule has 0 fully saturated rings. The van der Waals surface area contributed by atoms with Crippen LogP contribution in [0.5, 0.6) is 0 Å². The first kappa shape index (κ1) is 16.6. The van der Waals surface area contributed by atoms with Crippen molar-refractivity contribution in [3.05, 3.63) is 34.1 Å². The average molecular weight is 332 g/mol. The molecule has 2 nitrogen and oxygen atoms in total. The van der Waals surface area contributed by atoms with Gasteiger partial charge < -0.3 is 10.1 Å². The Kier molecular flexibility index (Phi) is 7.57. The second-order valence-corrected chi connectivity index (χ2v) is 5.54. The Morgan fingerprint density at radius 2 is 2.11 bits per heavy atom. The smallest absolute Gasteiger partial charge is 0.124 e. The maximum Gasteiger partial charge on any atom is 0.124 e. The van der Waals surface area contributed by atoms with Gasteiger partial charge in [-0.3, -0.25) is 0 Å². The quantitative estimate of drug-likeness (QED) is 0.779. The Morgan fingerprint density at radius 3 is 2.63 bits per heavy atom. The molecule has 0 radical (unpaired) electrons. The van der Waals surface area contributed by atoms with Crippen LogP contribution >= 0.6 is 15.9 Å². The molecule has 19 heavy (non-hydrogen) atoms. The van der Waals surface area contributed by atoms with Crippen molar-refractivity contribution in [2.45, 2.75) is 45.3 Å². The number of nitrogens with one attached hydrogen (secondary N) is 1. The summed E-state index contributed by atoms with van der Waals surface area (Å²) in [4.78, 5) is 0. The zero-order valence-corrected chi connectivity index (χ0v) is 13.5. The van der Waals surface area contributed by atoms with Gasteiger partial charge in [0.1, 0.15) is 5.82 Å². The predicted octanol–water partition coefficient (Wildman–Crippen LogP) is 3.92. The molecule has 108 valence electrons. The zero-order valence-electron chi connectivity index (χ0n) is 11.9. The Morgan fingerprint density at radius 1 is 1.37 bits per heavy atom. The van der Waals surface area contributed by atoms with Crippen LogP contribution in [0, 0.1) is 5.82 Å². The van der Waals surface area contributed by atoms with E-state index in [0.717, 1.165) is 35.8 Å². The third-order valence-electron chi connectivity index (χ3n) is 3.27. The first-order valence-corrected chi connectivity index (χ1v) is 7.61. The molecule has 0 amide bonds. The van der Waals surface area contributed by atoms with E-state index in [-0.39, 0.29) is 18.0 Å². The van der Waals surface area contributed by atoms with E-state index in [1.165, 1.54) is 12.1 Å². The summed E-state index contributed by atoms with van der Waals surface area (Å²) in [7, 11) is 1.74. The van der Waals surface area contributed by atoms with Crippen molar-refractivity contribution in [2.24, 2.45) is 0 Å². The SMILES string of the molecule is CCCNC(Cc1ccc(F)cc1Br)C(CC)OC. The average Bonchev–Trinajstić information content (AvgIpc) is 2.39. The first-order chi connectivity index (χ1) is 9.12. The molecule has 0 heterocycles. The summed E-state index contributed by atoms with van der Waals surface area (Å²) in [5.41, 5.74) is 1.10. The van der Waals surface area contributed by atoms with Gasteiger partial charge in [0.25, 0.3) is 0 Å². The van der Waals surface area contributed by atoms with E-state index < -0.39 is 0 Å². The van der Waals surface area contributed by atoms with Gasteiger partial charge in [-0.1, -0.05) is 35.8 Å². The lowest BCUT2D eigenvalue weighted by Crippen LogP contribution is -2.42. The predicted molar refractivity (Wildman–Crippen MR) is 81.0 cm³/mol. The number of methoxy groups -OCH3 is 1. The van der Waals surface area contributed by atoms with E-state index in [4.69, 9.17) is 4.74 Å². The van der Waals surface area contributed by atoms with Crippen LogP contribution in [0.25, 0.3) is 0 Å². The van der Waals surface area contributed by atoms with Crippen molar-refractivity contribution in [3.63, 3.8) is 0 Å². The van der Waals surface area contributed by atoms with Gasteiger partial charge in [0, 0.05) is 17.6 Å². The lowest BCUT2D eigenvalue weighted by atomic mass is 9.99. The maximum absolute atomic E-state index is 13.1. The van der Waals surface area contributed by atoms with Gasteiger partial charge in [-0.15, -0.1) is 0 Å². The van der Waals surface area contributed by atoms with Gasteiger partial charge in [0.2, 0.25) is 0 Å². The molecule has 0 spiro atoms. The summed E-state index contributed by atoms with van der Waals surface area (Å²) in [5, 5.41) is 3.52. The third-order valence-corrected chi connectivity index (χ3v) is 4.00. The molecule has 1 aromatic carbocycles. The van der Waals surface area contributed by atoms with Crippen LogP contribution in [-0.4, -0.2) is 25.8 Å². The van der Waals surface area contributed by atoms with Crippen LogP contribution in [0.2, 0.25) is 0 Å². The second-order valence-electron chi connectivity index (χ2n) is 4.68. The Bertz CT molecular complexity index is 382. The Labute approximate surface area is 123 Å². The molecule has 4 heteroatoms. The molecule has 1 rings (SSSR count). The van der Waals surface area contributed by atoms with Gasteiger partial charge in [0.05, 0.1) is 6.10 Å². The van der Waals surface area contributed by atoms with Gasteiger partial charge >= 0.3 is 0 Å². The minimum absolute atomic E-state index is 0.170. The van der Waals surface area contributed by atoms with E-state index in [0.29, 0.717) is 0 Å². The van der Waals surface area contributed by atoms with Crippen LogP contribution in [0.4, 0.5) is 4.39 Å². The molecule has 0 bridgehead atoms. The molecular formula is C15H23BrFNO. The van der Waals surface area contributed by atoms with Crippen LogP contribution in [0.1, 0.15) is 32.3 Å². The zero-order chi connectivity index (χ0) is 14.3. The van der Waals surface area contributed by atoms with Crippen molar-refractivity contribution in [1.29, 1.82) is 0 Å². The molecule has 0 aliphatic heterocycles. The molecular weight excluding hydrogens is 309 g/mol. The molecule has 2 atom stereocenters. The van der Waals surface area contributed by atoms with E-state index in [2.05, 4.69) is 35.1 Å². The number of rotatable bonds is 8. The van der Waals surface area contributed by atoms with Crippen molar-refractivity contribution < 1.29 is 9.13 Å². The fraction of sp³-hybridized carbons (Fsp3) is 0.600. The molecule has 1 aromatic rings. The summed E-state index contributed by atoms with van der Waals surface area (Å²) in [5.74, 6) is -0.215. The van der Waals surface area contributed by atoms with Gasteiger partial charge in [-0.05, 0) is 43.5 Å². The van der Waals surface area contributed by atoms with Crippen LogP contribution in [-0.2, 0) is 11.2 Å². The molecule has 0 aliphatic rings. The van der Waals surface area contributed by atoms with Crippen molar-refractivity contribution in [2.75, 3.05) is 13.7 Å². The highest BCUT2D eigenvalue weighted by molar-refractivity contribution is 9.10. The van der Waals surface area contributed by atoms with E-state index in [1.807, 2.05) is 6.07 Å². The van der Waals surface area contributed by atoms with Crippen molar-refractivity contribution >= 4 is 15.9 Å². The van der Waals surface area contributed by atoms with E-state index in [9.17, 15) is 4.39 Å². The topological polar surface area (TPSA) is 21.3 Å². The summed E-state index contributed by atoms with van der Waals surface area (Å²) < 4.78 is 19.5. The molecule has 0 saturated carbocycles. The summed E-state index contributed by atoms with van der Waals surface area (Å²) in [6, 6.07) is 5.10. The highest BCUT2D eigenvalue weighted by Crippen LogP contribution is 2.21. The van der Waals surface area contributed by atoms with Crippen LogP contribution in [0.3, 0.4) is 0 Å². The monoisotopic (exact) mass is 331 g/mol. The second kappa shape index (κ2) is 8.67. The fourth-order valence-corrected chi connectivity index (χ4v) is 2.72. The lowest BCUT2D eigenvalue weighted by Gasteiger charge is -2.26. The number of halogens is 2. The molecule has 0 saturated heterocycles. The van der Waals surface area contributed by atoms with E-state index >= 15 is 0 Å². The minimum atomic E-state index is -0.215. The minimum Gasteiger partial charge on any atom is -0.380 e. The Hall–Kier alpha value is -0.450. The number of hydrogen-bond acceptors (Lipinski definition) is 2. The summed E-state index contributed by atoms with van der Waals surface area (Å²) >= 11 is 3.43.